The molecule has 18 heavy (non-hydrogen) atoms. The van der Waals surface area contributed by atoms with Gasteiger partial charge in [0.25, 0.3) is 0 Å². The van der Waals surface area contributed by atoms with Crippen molar-refractivity contribution in [3.63, 3.8) is 0 Å². The fourth-order valence-corrected chi connectivity index (χ4v) is 1.54. The van der Waals surface area contributed by atoms with E-state index < -0.39 is 5.82 Å². The highest BCUT2D eigenvalue weighted by Crippen LogP contribution is 2.27. The second-order valence-corrected chi connectivity index (χ2v) is 3.67. The number of ether oxygens (including phenoxy) is 1. The third kappa shape index (κ3) is 2.68. The molecule has 0 spiro atoms. The van der Waals surface area contributed by atoms with Gasteiger partial charge < -0.3 is 15.8 Å². The summed E-state index contributed by atoms with van der Waals surface area (Å²) in [6, 6.07) is 2.77. The fourth-order valence-electron chi connectivity index (χ4n) is 1.54. The standard InChI is InChI=1S/C11H14FN5O/c1-18-11-7-10(8(12)6-9(11)13)14-2-4-17-5-3-15-16-17/h3,5-7,14H,2,4,13H2,1H3. The van der Waals surface area contributed by atoms with Gasteiger partial charge >= 0.3 is 0 Å². The average Bonchev–Trinajstić information content (AvgIpc) is 2.85. The van der Waals surface area contributed by atoms with Crippen LogP contribution in [0.5, 0.6) is 5.75 Å². The van der Waals surface area contributed by atoms with Crippen molar-refractivity contribution in [3.05, 3.63) is 30.3 Å². The minimum atomic E-state index is -0.410. The molecule has 1 aromatic carbocycles. The molecule has 1 aromatic heterocycles. The molecule has 96 valence electrons. The summed E-state index contributed by atoms with van der Waals surface area (Å²) >= 11 is 0. The van der Waals surface area contributed by atoms with Gasteiger partial charge in [0.2, 0.25) is 0 Å². The number of nitrogen functional groups attached to an aromatic ring is 1. The minimum absolute atomic E-state index is 0.275. The lowest BCUT2D eigenvalue weighted by Gasteiger charge is -2.11. The van der Waals surface area contributed by atoms with Crippen LogP contribution in [0, 0.1) is 5.82 Å². The molecule has 6 nitrogen and oxygen atoms in total. The molecule has 0 saturated heterocycles. The molecule has 0 aliphatic carbocycles. The molecule has 0 saturated carbocycles. The molecule has 1 heterocycles. The monoisotopic (exact) mass is 251 g/mol. The van der Waals surface area contributed by atoms with Gasteiger partial charge in [-0.05, 0) is 0 Å². The first kappa shape index (κ1) is 12.2. The summed E-state index contributed by atoms with van der Waals surface area (Å²) in [5.74, 6) is 0.0338. The highest BCUT2D eigenvalue weighted by Gasteiger charge is 2.07. The number of anilines is 2. The van der Waals surface area contributed by atoms with Crippen LogP contribution in [0.4, 0.5) is 15.8 Å². The van der Waals surface area contributed by atoms with Crippen molar-refractivity contribution in [3.8, 4) is 5.75 Å². The molecule has 0 fully saturated rings. The maximum Gasteiger partial charge on any atom is 0.148 e. The number of rotatable bonds is 5. The summed E-state index contributed by atoms with van der Waals surface area (Å²) in [5.41, 5.74) is 6.21. The Bertz CT molecular complexity index is 514. The fraction of sp³-hybridized carbons (Fsp3) is 0.273. The van der Waals surface area contributed by atoms with Gasteiger partial charge in [-0.25, -0.2) is 4.39 Å². The van der Waals surface area contributed by atoms with Crippen LogP contribution >= 0.6 is 0 Å². The van der Waals surface area contributed by atoms with Crippen LogP contribution in [0.2, 0.25) is 0 Å². The smallest absolute Gasteiger partial charge is 0.148 e. The van der Waals surface area contributed by atoms with Gasteiger partial charge in [0.1, 0.15) is 11.6 Å². The SMILES string of the molecule is COc1cc(NCCn2ccnn2)c(F)cc1N. The first-order valence-electron chi connectivity index (χ1n) is 5.41. The molecule has 0 amide bonds. The Labute approximate surface area is 104 Å². The summed E-state index contributed by atoms with van der Waals surface area (Å²) in [4.78, 5) is 0. The highest BCUT2D eigenvalue weighted by atomic mass is 19.1. The lowest BCUT2D eigenvalue weighted by atomic mass is 10.2. The van der Waals surface area contributed by atoms with E-state index in [-0.39, 0.29) is 5.69 Å². The Morgan fingerprint density at radius 1 is 1.50 bits per heavy atom. The highest BCUT2D eigenvalue weighted by molar-refractivity contribution is 5.62. The number of methoxy groups -OCH3 is 1. The zero-order valence-corrected chi connectivity index (χ0v) is 9.93. The van der Waals surface area contributed by atoms with Crippen molar-refractivity contribution in [2.75, 3.05) is 24.7 Å². The summed E-state index contributed by atoms with van der Waals surface area (Å²) in [7, 11) is 1.49. The van der Waals surface area contributed by atoms with Gasteiger partial charge in [-0.3, -0.25) is 4.68 Å². The normalized spacial score (nSPS) is 10.3. The third-order valence-electron chi connectivity index (χ3n) is 2.45. The number of hydrogen-bond donors (Lipinski definition) is 2. The molecular formula is C11H14FN5O. The molecule has 2 aromatic rings. The molecular weight excluding hydrogens is 237 g/mol. The lowest BCUT2D eigenvalue weighted by Crippen LogP contribution is -2.12. The zero-order chi connectivity index (χ0) is 13.0. The Morgan fingerprint density at radius 2 is 2.33 bits per heavy atom. The predicted octanol–water partition coefficient (Wildman–Crippen LogP) is 1.12. The zero-order valence-electron chi connectivity index (χ0n) is 9.93. The van der Waals surface area contributed by atoms with E-state index in [1.54, 1.807) is 17.1 Å². The van der Waals surface area contributed by atoms with Crippen molar-refractivity contribution in [1.29, 1.82) is 0 Å². The van der Waals surface area contributed by atoms with E-state index in [0.717, 1.165) is 0 Å². The van der Waals surface area contributed by atoms with Gasteiger partial charge in [0, 0.05) is 24.9 Å². The molecule has 0 aliphatic rings. The largest absolute Gasteiger partial charge is 0.495 e. The van der Waals surface area contributed by atoms with E-state index in [9.17, 15) is 4.39 Å². The summed E-state index contributed by atoms with van der Waals surface area (Å²) in [6.07, 6.45) is 3.33. The first-order chi connectivity index (χ1) is 8.70. The average molecular weight is 251 g/mol. The maximum atomic E-state index is 13.6. The Kier molecular flexibility index (Phi) is 3.61. The number of aromatic nitrogens is 3. The van der Waals surface area contributed by atoms with Gasteiger partial charge in [-0.15, -0.1) is 5.10 Å². The quantitative estimate of drug-likeness (QED) is 0.779. The van der Waals surface area contributed by atoms with E-state index in [0.29, 0.717) is 24.5 Å². The molecule has 0 aliphatic heterocycles. The van der Waals surface area contributed by atoms with E-state index in [4.69, 9.17) is 10.5 Å². The molecule has 0 bridgehead atoms. The second kappa shape index (κ2) is 5.35. The molecule has 0 unspecified atom stereocenters. The van der Waals surface area contributed by atoms with Crippen LogP contribution < -0.4 is 15.8 Å². The second-order valence-electron chi connectivity index (χ2n) is 3.67. The Hall–Kier alpha value is -2.31. The van der Waals surface area contributed by atoms with Crippen molar-refractivity contribution in [2.45, 2.75) is 6.54 Å². The number of hydrogen-bond acceptors (Lipinski definition) is 5. The summed E-state index contributed by atoms with van der Waals surface area (Å²) in [6.45, 7) is 1.11. The van der Waals surface area contributed by atoms with Gasteiger partial charge in [0.05, 0.1) is 31.2 Å². The van der Waals surface area contributed by atoms with Gasteiger partial charge in [-0.2, -0.15) is 0 Å². The first-order valence-corrected chi connectivity index (χ1v) is 5.41. The molecule has 7 heteroatoms. The molecule has 0 radical (unpaired) electrons. The molecule has 3 N–H and O–H groups in total. The van der Waals surface area contributed by atoms with Gasteiger partial charge in [-0.1, -0.05) is 5.21 Å². The van der Waals surface area contributed by atoms with Crippen molar-refractivity contribution >= 4 is 11.4 Å². The van der Waals surface area contributed by atoms with Crippen LogP contribution in [0.25, 0.3) is 0 Å². The summed E-state index contributed by atoms with van der Waals surface area (Å²) in [5, 5.41) is 10.4. The predicted molar refractivity (Wildman–Crippen MR) is 65.9 cm³/mol. The Morgan fingerprint density at radius 3 is 3.00 bits per heavy atom. The van der Waals surface area contributed by atoms with Crippen LogP contribution in [0.3, 0.4) is 0 Å². The number of nitrogens with one attached hydrogen (secondary N) is 1. The Balaban J connectivity index is 2.00. The van der Waals surface area contributed by atoms with E-state index in [1.165, 1.54) is 19.2 Å². The lowest BCUT2D eigenvalue weighted by molar-refractivity contribution is 0.416. The third-order valence-corrected chi connectivity index (χ3v) is 2.45. The number of halogens is 1. The van der Waals surface area contributed by atoms with Gasteiger partial charge in [0.15, 0.2) is 0 Å². The van der Waals surface area contributed by atoms with Crippen molar-refractivity contribution < 1.29 is 9.13 Å². The van der Waals surface area contributed by atoms with E-state index in [2.05, 4.69) is 15.6 Å². The molecule has 2 rings (SSSR count). The molecule has 0 atom stereocenters. The van der Waals surface area contributed by atoms with E-state index >= 15 is 0 Å². The number of benzene rings is 1. The van der Waals surface area contributed by atoms with Crippen molar-refractivity contribution in [2.24, 2.45) is 0 Å². The topological polar surface area (TPSA) is 78.0 Å². The number of nitrogens with two attached hydrogens (primary N) is 1. The number of nitrogens with zero attached hydrogens (tertiary/aromatic N) is 3. The van der Waals surface area contributed by atoms with Crippen molar-refractivity contribution in [1.82, 2.24) is 15.0 Å². The van der Waals surface area contributed by atoms with Crippen LogP contribution in [-0.2, 0) is 6.54 Å². The van der Waals surface area contributed by atoms with Crippen LogP contribution in [0.1, 0.15) is 0 Å². The minimum Gasteiger partial charge on any atom is -0.495 e. The van der Waals surface area contributed by atoms with Crippen LogP contribution in [0.15, 0.2) is 24.5 Å². The van der Waals surface area contributed by atoms with E-state index in [1.807, 2.05) is 0 Å². The maximum absolute atomic E-state index is 13.6. The summed E-state index contributed by atoms with van der Waals surface area (Å²) < 4.78 is 20.3. The van der Waals surface area contributed by atoms with Crippen LogP contribution in [-0.4, -0.2) is 28.6 Å².